The normalized spacial score (nSPS) is 10.3. The molecule has 0 aliphatic carbocycles. The topological polar surface area (TPSA) is 48.3 Å². The number of rotatable bonds is 5. The number of benzene rings is 1. The van der Waals surface area contributed by atoms with E-state index in [-0.39, 0.29) is 0 Å². The standard InChI is InChI=1S/C13H16ClN3O2/c1-17-12(14)7-16-13(17)8-15-10-6-9(18-2)4-5-11(10)19-3/h4-7,15H,8H2,1-3H3. The lowest BCUT2D eigenvalue weighted by Gasteiger charge is -2.12. The van der Waals surface area contributed by atoms with E-state index < -0.39 is 0 Å². The van der Waals surface area contributed by atoms with E-state index in [1.165, 1.54) is 0 Å². The highest BCUT2D eigenvalue weighted by atomic mass is 35.5. The van der Waals surface area contributed by atoms with Crippen LogP contribution in [0.2, 0.25) is 5.15 Å². The smallest absolute Gasteiger partial charge is 0.142 e. The van der Waals surface area contributed by atoms with Gasteiger partial charge in [0.15, 0.2) is 0 Å². The molecule has 0 fully saturated rings. The highest BCUT2D eigenvalue weighted by Crippen LogP contribution is 2.29. The first kappa shape index (κ1) is 13.5. The minimum atomic E-state index is 0.548. The van der Waals surface area contributed by atoms with Gasteiger partial charge in [0, 0.05) is 13.1 Å². The molecule has 19 heavy (non-hydrogen) atoms. The number of imidazole rings is 1. The highest BCUT2D eigenvalue weighted by molar-refractivity contribution is 6.29. The van der Waals surface area contributed by atoms with Crippen LogP contribution in [0.5, 0.6) is 11.5 Å². The third kappa shape index (κ3) is 2.93. The molecule has 1 aromatic carbocycles. The molecule has 5 nitrogen and oxygen atoms in total. The fraction of sp³-hybridized carbons (Fsp3) is 0.308. The Bertz CT molecular complexity index is 569. The summed E-state index contributed by atoms with van der Waals surface area (Å²) < 4.78 is 12.3. The summed E-state index contributed by atoms with van der Waals surface area (Å²) in [6, 6.07) is 5.58. The molecule has 0 saturated heterocycles. The largest absolute Gasteiger partial charge is 0.497 e. The Morgan fingerprint density at radius 3 is 2.68 bits per heavy atom. The van der Waals surface area contributed by atoms with E-state index in [2.05, 4.69) is 10.3 Å². The van der Waals surface area contributed by atoms with Crippen LogP contribution in [0.25, 0.3) is 0 Å². The molecule has 0 atom stereocenters. The third-order valence-corrected chi connectivity index (χ3v) is 3.22. The molecule has 2 aromatic rings. The van der Waals surface area contributed by atoms with Crippen LogP contribution in [-0.2, 0) is 13.6 Å². The minimum Gasteiger partial charge on any atom is -0.497 e. The number of halogens is 1. The molecule has 0 amide bonds. The maximum atomic E-state index is 5.95. The van der Waals surface area contributed by atoms with Crippen molar-refractivity contribution in [2.75, 3.05) is 19.5 Å². The van der Waals surface area contributed by atoms with Crippen molar-refractivity contribution in [1.82, 2.24) is 9.55 Å². The van der Waals surface area contributed by atoms with Gasteiger partial charge in [-0.1, -0.05) is 11.6 Å². The molecule has 0 saturated carbocycles. The second kappa shape index (κ2) is 5.84. The van der Waals surface area contributed by atoms with Crippen molar-refractivity contribution in [2.24, 2.45) is 7.05 Å². The Hall–Kier alpha value is -1.88. The Morgan fingerprint density at radius 2 is 2.11 bits per heavy atom. The number of hydrogen-bond acceptors (Lipinski definition) is 4. The van der Waals surface area contributed by atoms with Crippen molar-refractivity contribution in [2.45, 2.75) is 6.54 Å². The molecule has 2 rings (SSSR count). The van der Waals surface area contributed by atoms with Gasteiger partial charge in [-0.25, -0.2) is 4.98 Å². The summed E-state index contributed by atoms with van der Waals surface area (Å²) in [6.45, 7) is 0.548. The zero-order valence-corrected chi connectivity index (χ0v) is 11.9. The summed E-state index contributed by atoms with van der Waals surface area (Å²) in [5.41, 5.74) is 0.848. The van der Waals surface area contributed by atoms with Crippen molar-refractivity contribution in [3.63, 3.8) is 0 Å². The first-order chi connectivity index (χ1) is 9.15. The van der Waals surface area contributed by atoms with Crippen LogP contribution < -0.4 is 14.8 Å². The fourth-order valence-corrected chi connectivity index (χ4v) is 1.86. The second-order valence-electron chi connectivity index (χ2n) is 3.98. The SMILES string of the molecule is COc1ccc(OC)c(NCc2ncc(Cl)n2C)c1. The maximum Gasteiger partial charge on any atom is 0.142 e. The van der Waals surface area contributed by atoms with Crippen molar-refractivity contribution in [1.29, 1.82) is 0 Å². The number of ether oxygens (including phenoxy) is 2. The Labute approximate surface area is 117 Å². The zero-order chi connectivity index (χ0) is 13.8. The number of methoxy groups -OCH3 is 2. The van der Waals surface area contributed by atoms with Crippen molar-refractivity contribution in [3.05, 3.63) is 35.4 Å². The van der Waals surface area contributed by atoms with Crippen molar-refractivity contribution in [3.8, 4) is 11.5 Å². The lowest BCUT2D eigenvalue weighted by Crippen LogP contribution is -2.07. The number of anilines is 1. The number of nitrogens with one attached hydrogen (secondary N) is 1. The summed E-state index contributed by atoms with van der Waals surface area (Å²) in [7, 11) is 5.13. The summed E-state index contributed by atoms with van der Waals surface area (Å²) in [4.78, 5) is 4.22. The number of nitrogens with zero attached hydrogens (tertiary/aromatic N) is 2. The van der Waals surface area contributed by atoms with Crippen molar-refractivity contribution < 1.29 is 9.47 Å². The first-order valence-corrected chi connectivity index (χ1v) is 6.15. The molecular weight excluding hydrogens is 266 g/mol. The van der Waals surface area contributed by atoms with Gasteiger partial charge < -0.3 is 19.4 Å². The van der Waals surface area contributed by atoms with Gasteiger partial charge in [-0.05, 0) is 12.1 Å². The van der Waals surface area contributed by atoms with Crippen LogP contribution in [0.1, 0.15) is 5.82 Å². The van der Waals surface area contributed by atoms with Gasteiger partial charge >= 0.3 is 0 Å². The van der Waals surface area contributed by atoms with Gasteiger partial charge in [-0.15, -0.1) is 0 Å². The van der Waals surface area contributed by atoms with Crippen LogP contribution in [-0.4, -0.2) is 23.8 Å². The predicted molar refractivity (Wildman–Crippen MR) is 75.1 cm³/mol. The van der Waals surface area contributed by atoms with Crippen LogP contribution in [0, 0.1) is 0 Å². The summed E-state index contributed by atoms with van der Waals surface area (Å²) >= 11 is 5.95. The maximum absolute atomic E-state index is 5.95. The summed E-state index contributed by atoms with van der Waals surface area (Å²) in [5.74, 6) is 2.36. The van der Waals surface area contributed by atoms with E-state index in [1.807, 2.05) is 29.8 Å². The van der Waals surface area contributed by atoms with Crippen LogP contribution in [0.15, 0.2) is 24.4 Å². The lowest BCUT2D eigenvalue weighted by molar-refractivity contribution is 0.404. The highest BCUT2D eigenvalue weighted by Gasteiger charge is 2.08. The second-order valence-corrected chi connectivity index (χ2v) is 4.36. The monoisotopic (exact) mass is 281 g/mol. The quantitative estimate of drug-likeness (QED) is 0.915. The van der Waals surface area contributed by atoms with Gasteiger partial charge in [0.2, 0.25) is 0 Å². The van der Waals surface area contributed by atoms with E-state index in [0.717, 1.165) is 23.0 Å². The van der Waals surface area contributed by atoms with E-state index in [4.69, 9.17) is 21.1 Å². The Kier molecular flexibility index (Phi) is 4.16. The predicted octanol–water partition coefficient (Wildman–Crippen LogP) is 2.70. The fourth-order valence-electron chi connectivity index (χ4n) is 1.71. The van der Waals surface area contributed by atoms with Crippen LogP contribution >= 0.6 is 11.6 Å². The minimum absolute atomic E-state index is 0.548. The zero-order valence-electron chi connectivity index (χ0n) is 11.1. The lowest BCUT2D eigenvalue weighted by atomic mass is 10.2. The van der Waals surface area contributed by atoms with Gasteiger partial charge in [-0.3, -0.25) is 0 Å². The van der Waals surface area contributed by atoms with Crippen LogP contribution in [0.3, 0.4) is 0 Å². The molecule has 0 aliphatic rings. The molecule has 102 valence electrons. The molecule has 1 aromatic heterocycles. The average Bonchev–Trinajstić information content (AvgIpc) is 2.76. The van der Waals surface area contributed by atoms with E-state index >= 15 is 0 Å². The Morgan fingerprint density at radius 1 is 1.32 bits per heavy atom. The molecule has 1 N–H and O–H groups in total. The van der Waals surface area contributed by atoms with Gasteiger partial charge in [0.25, 0.3) is 0 Å². The summed E-state index contributed by atoms with van der Waals surface area (Å²) in [6.07, 6.45) is 1.63. The van der Waals surface area contributed by atoms with Gasteiger partial charge in [0.1, 0.15) is 22.5 Å². The molecule has 6 heteroatoms. The summed E-state index contributed by atoms with van der Waals surface area (Å²) in [5, 5.41) is 3.87. The molecule has 1 heterocycles. The molecule has 0 aliphatic heterocycles. The van der Waals surface area contributed by atoms with Crippen molar-refractivity contribution >= 4 is 17.3 Å². The third-order valence-electron chi connectivity index (χ3n) is 2.87. The first-order valence-electron chi connectivity index (χ1n) is 5.77. The number of hydrogen-bond donors (Lipinski definition) is 1. The molecule has 0 spiro atoms. The Balaban J connectivity index is 2.16. The molecule has 0 bridgehead atoms. The van der Waals surface area contributed by atoms with Gasteiger partial charge in [-0.2, -0.15) is 0 Å². The number of aromatic nitrogens is 2. The van der Waals surface area contributed by atoms with Crippen LogP contribution in [0.4, 0.5) is 5.69 Å². The molecule has 0 radical (unpaired) electrons. The van der Waals surface area contributed by atoms with Gasteiger partial charge in [0.05, 0.1) is 32.6 Å². The molecule has 0 unspecified atom stereocenters. The van der Waals surface area contributed by atoms with E-state index in [0.29, 0.717) is 11.7 Å². The van der Waals surface area contributed by atoms with E-state index in [1.54, 1.807) is 20.4 Å². The average molecular weight is 282 g/mol. The molecular formula is C13H16ClN3O2. The van der Waals surface area contributed by atoms with E-state index in [9.17, 15) is 0 Å².